The van der Waals surface area contributed by atoms with Crippen LogP contribution in [-0.2, 0) is 9.59 Å². The van der Waals surface area contributed by atoms with Crippen LogP contribution < -0.4 is 0 Å². The molecule has 1 saturated heterocycles. The van der Waals surface area contributed by atoms with Gasteiger partial charge in [-0.15, -0.1) is 0 Å². The van der Waals surface area contributed by atoms with Crippen LogP contribution in [-0.4, -0.2) is 35.6 Å². The Hall–Kier alpha value is -0.700. The SMILES string of the molecule is CC(C)(C=O)N1CCC(=O)CC1. The number of piperidine rings is 1. The first-order chi connectivity index (χ1) is 5.56. The monoisotopic (exact) mass is 169 g/mol. The minimum absolute atomic E-state index is 0.313. The Morgan fingerprint density at radius 1 is 1.33 bits per heavy atom. The van der Waals surface area contributed by atoms with Crippen molar-refractivity contribution in [2.24, 2.45) is 0 Å². The Morgan fingerprint density at radius 2 is 1.83 bits per heavy atom. The number of aldehydes is 1. The smallest absolute Gasteiger partial charge is 0.139 e. The Labute approximate surface area is 72.7 Å². The second-order valence-electron chi connectivity index (χ2n) is 3.80. The predicted molar refractivity (Wildman–Crippen MR) is 46.0 cm³/mol. The standard InChI is InChI=1S/C9H15NO2/c1-9(2,7-11)10-5-3-8(12)4-6-10/h7H,3-6H2,1-2H3. The van der Waals surface area contributed by atoms with Gasteiger partial charge in [0.1, 0.15) is 12.1 Å². The van der Waals surface area contributed by atoms with Gasteiger partial charge in [-0.2, -0.15) is 0 Å². The zero-order chi connectivity index (χ0) is 9.19. The molecule has 3 nitrogen and oxygen atoms in total. The minimum atomic E-state index is -0.402. The third-order valence-corrected chi connectivity index (χ3v) is 2.42. The third-order valence-electron chi connectivity index (χ3n) is 2.42. The number of carbonyl (C=O) groups is 2. The second kappa shape index (κ2) is 3.35. The van der Waals surface area contributed by atoms with Crippen LogP contribution in [0, 0.1) is 0 Å². The number of likely N-dealkylation sites (tertiary alicyclic amines) is 1. The number of nitrogens with zero attached hydrogens (tertiary/aromatic N) is 1. The van der Waals surface area contributed by atoms with E-state index in [9.17, 15) is 9.59 Å². The average Bonchev–Trinajstić information content (AvgIpc) is 2.05. The highest BCUT2D eigenvalue weighted by Gasteiger charge is 2.29. The summed E-state index contributed by atoms with van der Waals surface area (Å²) < 4.78 is 0. The quantitative estimate of drug-likeness (QED) is 0.569. The molecule has 0 bridgehead atoms. The normalized spacial score (nSPS) is 21.0. The number of ketones is 1. The largest absolute Gasteiger partial charge is 0.301 e. The van der Waals surface area contributed by atoms with Crippen molar-refractivity contribution in [3.8, 4) is 0 Å². The first-order valence-corrected chi connectivity index (χ1v) is 4.29. The Bertz CT molecular complexity index is 189. The van der Waals surface area contributed by atoms with Crippen molar-refractivity contribution in [1.29, 1.82) is 0 Å². The molecule has 1 aliphatic heterocycles. The van der Waals surface area contributed by atoms with Gasteiger partial charge in [-0.1, -0.05) is 0 Å². The van der Waals surface area contributed by atoms with Crippen LogP contribution in [0.15, 0.2) is 0 Å². The van der Waals surface area contributed by atoms with E-state index in [0.717, 1.165) is 19.4 Å². The van der Waals surface area contributed by atoms with E-state index in [1.54, 1.807) is 0 Å². The molecular formula is C9H15NO2. The summed E-state index contributed by atoms with van der Waals surface area (Å²) in [5.41, 5.74) is -0.402. The van der Waals surface area contributed by atoms with E-state index in [-0.39, 0.29) is 0 Å². The summed E-state index contributed by atoms with van der Waals surface area (Å²) in [4.78, 5) is 23.6. The lowest BCUT2D eigenvalue weighted by molar-refractivity contribution is -0.126. The summed E-state index contributed by atoms with van der Waals surface area (Å²) in [5, 5.41) is 0. The summed E-state index contributed by atoms with van der Waals surface area (Å²) in [6.07, 6.45) is 2.14. The average molecular weight is 169 g/mol. The molecule has 0 amide bonds. The number of carbonyl (C=O) groups excluding carboxylic acids is 2. The van der Waals surface area contributed by atoms with Gasteiger partial charge in [-0.25, -0.2) is 0 Å². The summed E-state index contributed by atoms with van der Waals surface area (Å²) in [6, 6.07) is 0. The summed E-state index contributed by atoms with van der Waals surface area (Å²) in [6.45, 7) is 5.22. The van der Waals surface area contributed by atoms with Gasteiger partial charge in [0.25, 0.3) is 0 Å². The molecule has 0 aliphatic carbocycles. The van der Waals surface area contributed by atoms with Crippen LogP contribution in [0.5, 0.6) is 0 Å². The van der Waals surface area contributed by atoms with Crippen LogP contribution >= 0.6 is 0 Å². The Kier molecular flexibility index (Phi) is 2.62. The zero-order valence-corrected chi connectivity index (χ0v) is 7.67. The molecule has 0 atom stereocenters. The molecule has 0 N–H and O–H groups in total. The highest BCUT2D eigenvalue weighted by atomic mass is 16.1. The van der Waals surface area contributed by atoms with E-state index in [1.807, 2.05) is 13.8 Å². The topological polar surface area (TPSA) is 37.4 Å². The fourth-order valence-corrected chi connectivity index (χ4v) is 1.41. The molecule has 0 spiro atoms. The fourth-order valence-electron chi connectivity index (χ4n) is 1.41. The lowest BCUT2D eigenvalue weighted by Crippen LogP contribution is -2.49. The molecule has 68 valence electrons. The van der Waals surface area contributed by atoms with Crippen molar-refractivity contribution in [3.05, 3.63) is 0 Å². The van der Waals surface area contributed by atoms with Crippen molar-refractivity contribution < 1.29 is 9.59 Å². The van der Waals surface area contributed by atoms with Crippen LogP contribution in [0.25, 0.3) is 0 Å². The number of hydrogen-bond donors (Lipinski definition) is 0. The van der Waals surface area contributed by atoms with Crippen LogP contribution in [0.2, 0.25) is 0 Å². The van der Waals surface area contributed by atoms with Gasteiger partial charge in [0.15, 0.2) is 0 Å². The summed E-state index contributed by atoms with van der Waals surface area (Å²) in [7, 11) is 0. The van der Waals surface area contributed by atoms with Crippen LogP contribution in [0.3, 0.4) is 0 Å². The summed E-state index contributed by atoms with van der Waals surface area (Å²) >= 11 is 0. The van der Waals surface area contributed by atoms with E-state index in [4.69, 9.17) is 0 Å². The van der Waals surface area contributed by atoms with Crippen molar-refractivity contribution in [2.45, 2.75) is 32.2 Å². The maximum absolute atomic E-state index is 10.9. The van der Waals surface area contributed by atoms with Crippen molar-refractivity contribution in [2.75, 3.05) is 13.1 Å². The van der Waals surface area contributed by atoms with Crippen molar-refractivity contribution in [1.82, 2.24) is 4.90 Å². The summed E-state index contributed by atoms with van der Waals surface area (Å²) in [5.74, 6) is 0.313. The van der Waals surface area contributed by atoms with Gasteiger partial charge in [-0.05, 0) is 13.8 Å². The van der Waals surface area contributed by atoms with Gasteiger partial charge in [0.2, 0.25) is 0 Å². The van der Waals surface area contributed by atoms with E-state index in [0.29, 0.717) is 18.6 Å². The molecule has 1 rings (SSSR count). The molecule has 0 unspecified atom stereocenters. The van der Waals surface area contributed by atoms with Gasteiger partial charge in [0, 0.05) is 25.9 Å². The predicted octanol–water partition coefficient (Wildman–Crippen LogP) is 0.629. The highest BCUT2D eigenvalue weighted by molar-refractivity contribution is 5.79. The maximum Gasteiger partial charge on any atom is 0.139 e. The number of hydrogen-bond acceptors (Lipinski definition) is 3. The molecule has 1 fully saturated rings. The molecular weight excluding hydrogens is 154 g/mol. The highest BCUT2D eigenvalue weighted by Crippen LogP contribution is 2.16. The second-order valence-corrected chi connectivity index (χ2v) is 3.80. The van der Waals surface area contributed by atoms with Gasteiger partial charge < -0.3 is 4.79 Å². The Balaban J connectivity index is 2.54. The van der Waals surface area contributed by atoms with Crippen LogP contribution in [0.4, 0.5) is 0 Å². The lowest BCUT2D eigenvalue weighted by Gasteiger charge is -2.36. The van der Waals surface area contributed by atoms with Crippen molar-refractivity contribution >= 4 is 12.1 Å². The van der Waals surface area contributed by atoms with E-state index in [2.05, 4.69) is 4.90 Å². The molecule has 0 radical (unpaired) electrons. The molecule has 0 aromatic rings. The molecule has 1 aliphatic rings. The van der Waals surface area contributed by atoms with Crippen LogP contribution in [0.1, 0.15) is 26.7 Å². The molecule has 0 aromatic carbocycles. The number of rotatable bonds is 2. The van der Waals surface area contributed by atoms with Gasteiger partial charge in [0.05, 0.1) is 5.54 Å². The molecule has 3 heteroatoms. The zero-order valence-electron chi connectivity index (χ0n) is 7.67. The first-order valence-electron chi connectivity index (χ1n) is 4.29. The van der Waals surface area contributed by atoms with Gasteiger partial charge in [-0.3, -0.25) is 9.69 Å². The van der Waals surface area contributed by atoms with Gasteiger partial charge >= 0.3 is 0 Å². The maximum atomic E-state index is 10.9. The Morgan fingerprint density at radius 3 is 2.25 bits per heavy atom. The molecule has 1 heterocycles. The third kappa shape index (κ3) is 1.91. The lowest BCUT2D eigenvalue weighted by atomic mass is 10.00. The fraction of sp³-hybridized carbons (Fsp3) is 0.778. The molecule has 0 aromatic heterocycles. The minimum Gasteiger partial charge on any atom is -0.301 e. The van der Waals surface area contributed by atoms with E-state index >= 15 is 0 Å². The van der Waals surface area contributed by atoms with E-state index < -0.39 is 5.54 Å². The molecule has 12 heavy (non-hydrogen) atoms. The first kappa shape index (κ1) is 9.39. The van der Waals surface area contributed by atoms with Crippen molar-refractivity contribution in [3.63, 3.8) is 0 Å². The van der Waals surface area contributed by atoms with E-state index in [1.165, 1.54) is 0 Å². The molecule has 0 saturated carbocycles. The number of Topliss-reactive ketones (excluding diaryl/α,β-unsaturated/α-hetero) is 1.